The van der Waals surface area contributed by atoms with E-state index < -0.39 is 17.5 Å². The van der Waals surface area contributed by atoms with E-state index in [-0.39, 0.29) is 11.5 Å². The maximum absolute atomic E-state index is 13.5. The van der Waals surface area contributed by atoms with Crippen molar-refractivity contribution in [1.29, 1.82) is 0 Å². The molecule has 0 saturated carbocycles. The molecule has 0 spiro atoms. The first-order valence-electron chi connectivity index (χ1n) is 10.4. The number of guanidine groups is 1. The number of morpholine rings is 1. The first-order chi connectivity index (χ1) is 14.9. The summed E-state index contributed by atoms with van der Waals surface area (Å²) >= 11 is 0. The van der Waals surface area contributed by atoms with Crippen LogP contribution in [-0.2, 0) is 4.74 Å². The number of aliphatic imine (C=N–C) groups is 1. The number of ether oxygens (including phenoxy) is 1. The fourth-order valence-corrected chi connectivity index (χ4v) is 3.14. The van der Waals surface area contributed by atoms with Crippen LogP contribution in [-0.4, -0.2) is 56.2 Å². The first kappa shape index (κ1) is 22.8. The van der Waals surface area contributed by atoms with Crippen LogP contribution < -0.4 is 10.6 Å². The van der Waals surface area contributed by atoms with Gasteiger partial charge in [-0.2, -0.15) is 0 Å². The molecule has 1 aliphatic rings. The fraction of sp³-hybridized carbons (Fsp3) is 0.391. The van der Waals surface area contributed by atoms with E-state index in [4.69, 9.17) is 4.74 Å². The average molecular weight is 430 g/mol. The Morgan fingerprint density at radius 2 is 1.81 bits per heavy atom. The molecule has 2 aromatic rings. The maximum Gasteiger partial charge on any atom is 0.258 e. The minimum Gasteiger partial charge on any atom is -0.379 e. The quantitative estimate of drug-likeness (QED) is 0.543. The molecule has 2 N–H and O–H groups in total. The molecule has 166 valence electrons. The predicted octanol–water partition coefficient (Wildman–Crippen LogP) is 3.62. The van der Waals surface area contributed by atoms with Gasteiger partial charge in [-0.05, 0) is 41.8 Å². The van der Waals surface area contributed by atoms with Gasteiger partial charge in [-0.15, -0.1) is 0 Å². The lowest BCUT2D eigenvalue weighted by atomic mass is 10.0. The Balaban J connectivity index is 1.71. The summed E-state index contributed by atoms with van der Waals surface area (Å²) in [6.45, 7) is 8.50. The lowest BCUT2D eigenvalue weighted by Crippen LogP contribution is -2.39. The number of halogens is 2. The van der Waals surface area contributed by atoms with Gasteiger partial charge in [0, 0.05) is 30.9 Å². The standard InChI is InChI=1S/C23H28F2N4O2/c1-16(2)17-3-6-19(7-4-17)27-23(26-9-10-29-11-13-31-14-12-29)28-22(30)18-5-8-20(24)21(25)15-18/h3-8,15-16H,9-14H2,1-2H3,(H2,26,27,28,30). The van der Waals surface area contributed by atoms with Gasteiger partial charge in [0.15, 0.2) is 11.6 Å². The van der Waals surface area contributed by atoms with E-state index in [0.29, 0.717) is 25.7 Å². The second-order valence-electron chi connectivity index (χ2n) is 7.67. The number of carbonyl (C=O) groups is 1. The summed E-state index contributed by atoms with van der Waals surface area (Å²) in [5.41, 5.74) is 1.97. The Labute approximate surface area is 181 Å². The molecule has 0 radical (unpaired) electrons. The molecule has 0 atom stereocenters. The molecule has 31 heavy (non-hydrogen) atoms. The van der Waals surface area contributed by atoms with Crippen LogP contribution in [0.4, 0.5) is 14.5 Å². The van der Waals surface area contributed by atoms with Crippen molar-refractivity contribution in [2.75, 3.05) is 44.7 Å². The number of rotatable bonds is 6. The van der Waals surface area contributed by atoms with Gasteiger partial charge >= 0.3 is 0 Å². The van der Waals surface area contributed by atoms with E-state index in [1.54, 1.807) is 0 Å². The van der Waals surface area contributed by atoms with Gasteiger partial charge in [-0.25, -0.2) is 8.78 Å². The Kier molecular flexibility index (Phi) is 8.08. The Hall–Kier alpha value is -2.84. The van der Waals surface area contributed by atoms with Crippen molar-refractivity contribution in [3.8, 4) is 0 Å². The van der Waals surface area contributed by atoms with Gasteiger partial charge in [0.05, 0.1) is 19.8 Å². The zero-order valence-electron chi connectivity index (χ0n) is 17.8. The van der Waals surface area contributed by atoms with Crippen LogP contribution in [0, 0.1) is 11.6 Å². The molecule has 1 heterocycles. The summed E-state index contributed by atoms with van der Waals surface area (Å²) in [5, 5.41) is 5.79. The van der Waals surface area contributed by atoms with Gasteiger partial charge in [0.25, 0.3) is 5.91 Å². The first-order valence-corrected chi connectivity index (χ1v) is 10.4. The van der Waals surface area contributed by atoms with Crippen molar-refractivity contribution in [2.24, 2.45) is 4.99 Å². The average Bonchev–Trinajstić information content (AvgIpc) is 2.76. The number of hydrogen-bond acceptors (Lipinski definition) is 4. The molecular weight excluding hydrogens is 402 g/mol. The van der Waals surface area contributed by atoms with Gasteiger partial charge in [-0.3, -0.25) is 20.0 Å². The second kappa shape index (κ2) is 11.0. The monoisotopic (exact) mass is 430 g/mol. The predicted molar refractivity (Wildman–Crippen MR) is 118 cm³/mol. The molecule has 1 amide bonds. The van der Waals surface area contributed by atoms with Crippen molar-refractivity contribution >= 4 is 17.6 Å². The van der Waals surface area contributed by atoms with Crippen molar-refractivity contribution in [3.05, 3.63) is 65.2 Å². The molecule has 8 heteroatoms. The Morgan fingerprint density at radius 3 is 2.45 bits per heavy atom. The third kappa shape index (κ3) is 6.83. The number of hydrogen-bond donors (Lipinski definition) is 2. The van der Waals surface area contributed by atoms with E-state index >= 15 is 0 Å². The number of nitrogens with one attached hydrogen (secondary N) is 2. The second-order valence-corrected chi connectivity index (χ2v) is 7.67. The zero-order valence-corrected chi connectivity index (χ0v) is 17.8. The molecule has 2 aromatic carbocycles. The summed E-state index contributed by atoms with van der Waals surface area (Å²) in [7, 11) is 0. The maximum atomic E-state index is 13.5. The number of anilines is 1. The van der Waals surface area contributed by atoms with E-state index in [0.717, 1.165) is 37.5 Å². The van der Waals surface area contributed by atoms with Crippen molar-refractivity contribution in [3.63, 3.8) is 0 Å². The van der Waals surface area contributed by atoms with E-state index in [1.807, 2.05) is 24.3 Å². The summed E-state index contributed by atoms with van der Waals surface area (Å²) in [6.07, 6.45) is 0. The van der Waals surface area contributed by atoms with Gasteiger partial charge < -0.3 is 10.1 Å². The lowest BCUT2D eigenvalue weighted by Gasteiger charge is -2.25. The summed E-state index contributed by atoms with van der Waals surface area (Å²) in [6, 6.07) is 10.9. The molecule has 6 nitrogen and oxygen atoms in total. The van der Waals surface area contributed by atoms with E-state index in [2.05, 4.69) is 34.4 Å². The Bertz CT molecular complexity index is 910. The SMILES string of the molecule is CC(C)c1ccc(NC(=NCCN2CCOCC2)NC(=O)c2ccc(F)c(F)c2)cc1. The van der Waals surface area contributed by atoms with Crippen molar-refractivity contribution in [2.45, 2.75) is 19.8 Å². The molecule has 3 rings (SSSR count). The molecular formula is C23H28F2N4O2. The van der Waals surface area contributed by atoms with Crippen LogP contribution in [0.5, 0.6) is 0 Å². The minimum absolute atomic E-state index is 0.0109. The molecule has 0 aliphatic carbocycles. The normalized spacial score (nSPS) is 15.2. The zero-order chi connectivity index (χ0) is 22.2. The fourth-order valence-electron chi connectivity index (χ4n) is 3.14. The number of nitrogens with zero attached hydrogens (tertiary/aromatic N) is 2. The van der Waals surface area contributed by atoms with Crippen LogP contribution in [0.2, 0.25) is 0 Å². The largest absolute Gasteiger partial charge is 0.379 e. The summed E-state index contributed by atoms with van der Waals surface area (Å²) in [4.78, 5) is 19.3. The number of amides is 1. The van der Waals surface area contributed by atoms with Crippen LogP contribution in [0.15, 0.2) is 47.5 Å². The number of benzene rings is 2. The van der Waals surface area contributed by atoms with Gasteiger partial charge in [0.1, 0.15) is 0 Å². The molecule has 0 bridgehead atoms. The molecule has 1 aliphatic heterocycles. The number of carbonyl (C=O) groups excluding carboxylic acids is 1. The van der Waals surface area contributed by atoms with Crippen LogP contribution in [0.1, 0.15) is 35.7 Å². The highest BCUT2D eigenvalue weighted by Gasteiger charge is 2.14. The van der Waals surface area contributed by atoms with Gasteiger partial charge in [0.2, 0.25) is 5.96 Å². The van der Waals surface area contributed by atoms with Crippen molar-refractivity contribution < 1.29 is 18.3 Å². The summed E-state index contributed by atoms with van der Waals surface area (Å²) in [5.74, 6) is -1.99. The highest BCUT2D eigenvalue weighted by atomic mass is 19.2. The summed E-state index contributed by atoms with van der Waals surface area (Å²) < 4.78 is 32.1. The minimum atomic E-state index is -1.07. The van der Waals surface area contributed by atoms with Crippen LogP contribution in [0.25, 0.3) is 0 Å². The van der Waals surface area contributed by atoms with Gasteiger partial charge in [-0.1, -0.05) is 26.0 Å². The van der Waals surface area contributed by atoms with Crippen LogP contribution in [0.3, 0.4) is 0 Å². The van der Waals surface area contributed by atoms with Crippen molar-refractivity contribution in [1.82, 2.24) is 10.2 Å². The van der Waals surface area contributed by atoms with E-state index in [9.17, 15) is 13.6 Å². The smallest absolute Gasteiger partial charge is 0.258 e. The molecule has 0 aromatic heterocycles. The van der Waals surface area contributed by atoms with Crippen LogP contribution >= 0.6 is 0 Å². The molecule has 0 unspecified atom stereocenters. The lowest BCUT2D eigenvalue weighted by molar-refractivity contribution is 0.0394. The topological polar surface area (TPSA) is 66.0 Å². The Morgan fingerprint density at radius 1 is 1.10 bits per heavy atom. The highest BCUT2D eigenvalue weighted by Crippen LogP contribution is 2.17. The third-order valence-electron chi connectivity index (χ3n) is 5.04. The third-order valence-corrected chi connectivity index (χ3v) is 5.04. The molecule has 1 saturated heterocycles. The highest BCUT2D eigenvalue weighted by molar-refractivity contribution is 6.09. The molecule has 1 fully saturated rings. The van der Waals surface area contributed by atoms with E-state index in [1.165, 1.54) is 11.6 Å².